The van der Waals surface area contributed by atoms with Gasteiger partial charge in [0, 0.05) is 25.2 Å². The molecule has 3 aromatic rings. The summed E-state index contributed by atoms with van der Waals surface area (Å²) in [5, 5.41) is 5.68. The van der Waals surface area contributed by atoms with Crippen LogP contribution in [0.5, 0.6) is 0 Å². The number of anilines is 1. The normalized spacial score (nSPS) is 14.2. The van der Waals surface area contributed by atoms with E-state index in [1.165, 1.54) is 16.4 Å². The molecule has 188 valence electrons. The molecule has 9 heteroatoms. The molecule has 3 aromatic carbocycles. The lowest BCUT2D eigenvalue weighted by Crippen LogP contribution is -2.40. The van der Waals surface area contributed by atoms with E-state index in [0.717, 1.165) is 5.56 Å². The highest BCUT2D eigenvalue weighted by Gasteiger charge is 2.27. The molecule has 2 N–H and O–H groups in total. The molecule has 1 heterocycles. The maximum atomic E-state index is 13.2. The summed E-state index contributed by atoms with van der Waals surface area (Å²) in [4.78, 5) is 26.1. The molecule has 1 aliphatic heterocycles. The lowest BCUT2D eigenvalue weighted by atomic mass is 10.1. The van der Waals surface area contributed by atoms with Gasteiger partial charge in [-0.2, -0.15) is 4.31 Å². The Bertz CT molecular complexity index is 1340. The average Bonchev–Trinajstić information content (AvgIpc) is 2.90. The van der Waals surface area contributed by atoms with Crippen LogP contribution in [0.4, 0.5) is 5.69 Å². The third kappa shape index (κ3) is 5.99. The van der Waals surface area contributed by atoms with Gasteiger partial charge < -0.3 is 15.4 Å². The van der Waals surface area contributed by atoms with E-state index in [9.17, 15) is 18.0 Å². The number of morpholine rings is 1. The van der Waals surface area contributed by atoms with Gasteiger partial charge in [0.1, 0.15) is 0 Å². The molecule has 0 radical (unpaired) electrons. The minimum Gasteiger partial charge on any atom is -0.379 e. The number of rotatable bonds is 8. The SMILES string of the molecule is Cc1ccc(S(=O)(=O)N2CCOCC2)cc1C(=O)Nc1ccccc1C(=O)NCCc1ccccc1. The van der Waals surface area contributed by atoms with Gasteiger partial charge in [0.2, 0.25) is 10.0 Å². The van der Waals surface area contributed by atoms with Crippen LogP contribution in [-0.2, 0) is 21.2 Å². The number of ether oxygens (including phenoxy) is 1. The number of nitrogens with zero attached hydrogens (tertiary/aromatic N) is 1. The quantitative estimate of drug-likeness (QED) is 0.487. The summed E-state index contributed by atoms with van der Waals surface area (Å²) in [7, 11) is -3.75. The van der Waals surface area contributed by atoms with Gasteiger partial charge in [-0.05, 0) is 48.7 Å². The van der Waals surface area contributed by atoms with E-state index in [1.54, 1.807) is 37.3 Å². The molecule has 0 aromatic heterocycles. The molecule has 0 atom stereocenters. The zero-order chi connectivity index (χ0) is 25.5. The summed E-state index contributed by atoms with van der Waals surface area (Å²) < 4.78 is 32.7. The van der Waals surface area contributed by atoms with Crippen molar-refractivity contribution in [3.8, 4) is 0 Å². The van der Waals surface area contributed by atoms with Gasteiger partial charge >= 0.3 is 0 Å². The molecule has 8 nitrogen and oxygen atoms in total. The first-order valence-electron chi connectivity index (χ1n) is 11.8. The van der Waals surface area contributed by atoms with Crippen molar-refractivity contribution in [2.24, 2.45) is 0 Å². The molecule has 1 fully saturated rings. The number of nitrogens with one attached hydrogen (secondary N) is 2. The summed E-state index contributed by atoms with van der Waals surface area (Å²) in [5.41, 5.74) is 2.64. The fourth-order valence-electron chi connectivity index (χ4n) is 3.98. The number of hydrogen-bond donors (Lipinski definition) is 2. The second kappa shape index (κ2) is 11.5. The predicted octanol–water partition coefficient (Wildman–Crippen LogP) is 3.24. The van der Waals surface area contributed by atoms with Crippen molar-refractivity contribution in [2.45, 2.75) is 18.2 Å². The first kappa shape index (κ1) is 25.6. The van der Waals surface area contributed by atoms with Gasteiger partial charge in [0.05, 0.1) is 29.4 Å². The summed E-state index contributed by atoms with van der Waals surface area (Å²) in [6.45, 7) is 3.40. The van der Waals surface area contributed by atoms with Gasteiger partial charge in [-0.1, -0.05) is 48.5 Å². The molecule has 1 aliphatic rings. The van der Waals surface area contributed by atoms with E-state index in [2.05, 4.69) is 10.6 Å². The number of aryl methyl sites for hydroxylation is 1. The molecule has 0 bridgehead atoms. The van der Waals surface area contributed by atoms with Crippen LogP contribution in [0, 0.1) is 6.92 Å². The number of sulfonamides is 1. The van der Waals surface area contributed by atoms with Gasteiger partial charge in [0.15, 0.2) is 0 Å². The van der Waals surface area contributed by atoms with Crippen LogP contribution < -0.4 is 10.6 Å². The number of carbonyl (C=O) groups is 2. The van der Waals surface area contributed by atoms with E-state index < -0.39 is 15.9 Å². The van der Waals surface area contributed by atoms with Crippen molar-refractivity contribution < 1.29 is 22.7 Å². The van der Waals surface area contributed by atoms with Crippen LogP contribution >= 0.6 is 0 Å². The van der Waals surface area contributed by atoms with Gasteiger partial charge in [0.25, 0.3) is 11.8 Å². The van der Waals surface area contributed by atoms with Crippen LogP contribution in [-0.4, -0.2) is 57.4 Å². The molecule has 2 amide bonds. The molecule has 0 aliphatic carbocycles. The average molecular weight is 508 g/mol. The number of hydrogen-bond acceptors (Lipinski definition) is 5. The van der Waals surface area contributed by atoms with Gasteiger partial charge in [-0.25, -0.2) is 8.42 Å². The summed E-state index contributed by atoms with van der Waals surface area (Å²) >= 11 is 0. The number of para-hydroxylation sites is 1. The van der Waals surface area contributed by atoms with E-state index in [1.807, 2.05) is 30.3 Å². The smallest absolute Gasteiger partial charge is 0.255 e. The first-order valence-corrected chi connectivity index (χ1v) is 13.2. The lowest BCUT2D eigenvalue weighted by molar-refractivity contribution is 0.0730. The Balaban J connectivity index is 1.49. The van der Waals surface area contributed by atoms with Gasteiger partial charge in [-0.3, -0.25) is 9.59 Å². The highest BCUT2D eigenvalue weighted by Crippen LogP contribution is 2.23. The Morgan fingerprint density at radius 1 is 0.889 bits per heavy atom. The second-order valence-corrected chi connectivity index (χ2v) is 10.4. The van der Waals surface area contributed by atoms with Crippen molar-refractivity contribution in [3.63, 3.8) is 0 Å². The van der Waals surface area contributed by atoms with Crippen molar-refractivity contribution in [1.29, 1.82) is 0 Å². The van der Waals surface area contributed by atoms with E-state index in [4.69, 9.17) is 4.74 Å². The van der Waals surface area contributed by atoms with Gasteiger partial charge in [-0.15, -0.1) is 0 Å². The molecule has 0 spiro atoms. The summed E-state index contributed by atoms with van der Waals surface area (Å²) in [5.74, 6) is -0.793. The minimum atomic E-state index is -3.75. The molecule has 4 rings (SSSR count). The molecule has 1 saturated heterocycles. The Labute approximate surface area is 211 Å². The number of benzene rings is 3. The highest BCUT2D eigenvalue weighted by molar-refractivity contribution is 7.89. The molecular weight excluding hydrogens is 478 g/mol. The van der Waals surface area contributed by atoms with Crippen molar-refractivity contribution in [3.05, 3.63) is 95.1 Å². The zero-order valence-corrected chi connectivity index (χ0v) is 20.9. The summed E-state index contributed by atoms with van der Waals surface area (Å²) in [6.07, 6.45) is 0.685. The first-order chi connectivity index (χ1) is 17.4. The van der Waals surface area contributed by atoms with Crippen LogP contribution in [0.1, 0.15) is 31.8 Å². The number of carbonyl (C=O) groups excluding carboxylic acids is 2. The van der Waals surface area contributed by atoms with E-state index in [0.29, 0.717) is 43.0 Å². The zero-order valence-electron chi connectivity index (χ0n) is 20.1. The Morgan fingerprint density at radius 3 is 2.33 bits per heavy atom. The number of amides is 2. The van der Waals surface area contributed by atoms with Crippen LogP contribution in [0.25, 0.3) is 0 Å². The van der Waals surface area contributed by atoms with E-state index >= 15 is 0 Å². The molecule has 0 saturated carbocycles. The molecule has 36 heavy (non-hydrogen) atoms. The lowest BCUT2D eigenvalue weighted by Gasteiger charge is -2.26. The second-order valence-electron chi connectivity index (χ2n) is 8.48. The Hall–Kier alpha value is -3.53. The highest BCUT2D eigenvalue weighted by atomic mass is 32.2. The third-order valence-electron chi connectivity index (χ3n) is 6.02. The van der Waals surface area contributed by atoms with Crippen molar-refractivity contribution >= 4 is 27.5 Å². The van der Waals surface area contributed by atoms with Crippen LogP contribution in [0.2, 0.25) is 0 Å². The third-order valence-corrected chi connectivity index (χ3v) is 7.92. The van der Waals surface area contributed by atoms with Crippen molar-refractivity contribution in [1.82, 2.24) is 9.62 Å². The molecular formula is C27H29N3O5S. The Kier molecular flexibility index (Phi) is 8.14. The standard InChI is InChI=1S/C27H29N3O5S/c1-20-11-12-22(36(33,34)30-15-17-35-18-16-30)19-24(20)27(32)29-25-10-6-5-9-23(25)26(31)28-14-13-21-7-3-2-4-8-21/h2-12,19H,13-18H2,1H3,(H,28,31)(H,29,32). The topological polar surface area (TPSA) is 105 Å². The van der Waals surface area contributed by atoms with Crippen LogP contribution in [0.3, 0.4) is 0 Å². The van der Waals surface area contributed by atoms with E-state index in [-0.39, 0.29) is 29.5 Å². The molecule has 0 unspecified atom stereocenters. The predicted molar refractivity (Wildman–Crippen MR) is 138 cm³/mol. The Morgan fingerprint density at radius 2 is 1.58 bits per heavy atom. The van der Waals surface area contributed by atoms with Crippen molar-refractivity contribution in [2.75, 3.05) is 38.2 Å². The minimum absolute atomic E-state index is 0.0482. The monoisotopic (exact) mass is 507 g/mol. The van der Waals surface area contributed by atoms with Crippen LogP contribution in [0.15, 0.2) is 77.7 Å². The largest absolute Gasteiger partial charge is 0.379 e. The fourth-order valence-corrected chi connectivity index (χ4v) is 5.42. The maximum absolute atomic E-state index is 13.2. The maximum Gasteiger partial charge on any atom is 0.255 e. The fraction of sp³-hybridized carbons (Fsp3) is 0.259. The summed E-state index contributed by atoms with van der Waals surface area (Å²) in [6, 6.07) is 21.1.